The van der Waals surface area contributed by atoms with Gasteiger partial charge in [0.05, 0.1) is 13.2 Å². The van der Waals surface area contributed by atoms with Crippen molar-refractivity contribution in [1.29, 1.82) is 0 Å². The van der Waals surface area contributed by atoms with E-state index in [2.05, 4.69) is 10.3 Å². The number of hydrogen-bond donors (Lipinski definition) is 2. The molecule has 0 radical (unpaired) electrons. The van der Waals surface area contributed by atoms with Gasteiger partial charge in [0.1, 0.15) is 16.5 Å². The molecule has 0 bridgehead atoms. The van der Waals surface area contributed by atoms with Crippen molar-refractivity contribution in [2.75, 3.05) is 7.11 Å². The molecule has 1 aromatic carbocycles. The molecule has 5 nitrogen and oxygen atoms in total. The number of carbonyl (C=O) groups excluding carboxylic acids is 1. The van der Waals surface area contributed by atoms with Crippen molar-refractivity contribution in [2.45, 2.75) is 25.4 Å². The van der Waals surface area contributed by atoms with Crippen molar-refractivity contribution in [1.82, 2.24) is 10.3 Å². The van der Waals surface area contributed by atoms with E-state index in [9.17, 15) is 4.79 Å². The van der Waals surface area contributed by atoms with Gasteiger partial charge in [-0.3, -0.25) is 4.79 Å². The smallest absolute Gasteiger partial charge is 0.271 e. The highest BCUT2D eigenvalue weighted by molar-refractivity contribution is 7.09. The number of rotatable bonds is 4. The van der Waals surface area contributed by atoms with Gasteiger partial charge in [0.2, 0.25) is 0 Å². The summed E-state index contributed by atoms with van der Waals surface area (Å²) in [4.78, 5) is 16.5. The third-order valence-corrected chi connectivity index (χ3v) is 4.58. The molecule has 110 valence electrons. The average Bonchev–Trinajstić information content (AvgIpc) is 3.14. The first-order chi connectivity index (χ1) is 10.2. The van der Waals surface area contributed by atoms with Crippen LogP contribution in [0.3, 0.4) is 0 Å². The molecule has 0 saturated carbocycles. The van der Waals surface area contributed by atoms with Gasteiger partial charge in [0.25, 0.3) is 5.91 Å². The second kappa shape index (κ2) is 5.83. The minimum atomic E-state index is -0.147. The first kappa shape index (κ1) is 14.0. The zero-order chi connectivity index (χ0) is 14.8. The van der Waals surface area contributed by atoms with Crippen LogP contribution < -0.4 is 15.8 Å². The highest BCUT2D eigenvalue weighted by Crippen LogP contribution is 2.36. The summed E-state index contributed by atoms with van der Waals surface area (Å²) in [6.45, 7) is 0.363. The van der Waals surface area contributed by atoms with Crippen LogP contribution in [-0.4, -0.2) is 18.0 Å². The number of nitrogens with zero attached hydrogens (tertiary/aromatic N) is 1. The lowest BCUT2D eigenvalue weighted by Gasteiger charge is -2.14. The topological polar surface area (TPSA) is 77.2 Å². The summed E-state index contributed by atoms with van der Waals surface area (Å²) >= 11 is 1.41. The van der Waals surface area contributed by atoms with Crippen molar-refractivity contribution < 1.29 is 9.53 Å². The number of fused-ring (bicyclic) bond motifs is 1. The fourth-order valence-electron chi connectivity index (χ4n) is 2.70. The Hall–Kier alpha value is -1.92. The van der Waals surface area contributed by atoms with Crippen molar-refractivity contribution in [2.24, 2.45) is 5.73 Å². The van der Waals surface area contributed by atoms with E-state index in [1.54, 1.807) is 12.5 Å². The Bertz CT molecular complexity index is 669. The first-order valence-corrected chi connectivity index (χ1v) is 7.72. The first-order valence-electron chi connectivity index (χ1n) is 6.84. The van der Waals surface area contributed by atoms with E-state index >= 15 is 0 Å². The van der Waals surface area contributed by atoms with Crippen LogP contribution in [0.25, 0.3) is 0 Å². The van der Waals surface area contributed by atoms with Gasteiger partial charge in [0.15, 0.2) is 0 Å². The van der Waals surface area contributed by atoms with Crippen molar-refractivity contribution in [3.8, 4) is 5.75 Å². The van der Waals surface area contributed by atoms with E-state index in [4.69, 9.17) is 10.5 Å². The van der Waals surface area contributed by atoms with Gasteiger partial charge in [-0.2, -0.15) is 0 Å². The normalized spacial score (nSPS) is 16.6. The van der Waals surface area contributed by atoms with Crippen molar-refractivity contribution >= 4 is 17.2 Å². The molecule has 6 heteroatoms. The summed E-state index contributed by atoms with van der Waals surface area (Å²) in [7, 11) is 1.67. The van der Waals surface area contributed by atoms with E-state index in [1.165, 1.54) is 16.9 Å². The van der Waals surface area contributed by atoms with Crippen LogP contribution in [0.15, 0.2) is 23.6 Å². The number of thiazole rings is 1. The van der Waals surface area contributed by atoms with E-state index in [0.29, 0.717) is 12.2 Å². The molecular weight excluding hydrogens is 286 g/mol. The molecule has 1 heterocycles. The maximum absolute atomic E-state index is 12.3. The minimum absolute atomic E-state index is 0.0191. The Morgan fingerprint density at radius 1 is 1.57 bits per heavy atom. The van der Waals surface area contributed by atoms with Gasteiger partial charge < -0.3 is 15.8 Å². The second-order valence-electron chi connectivity index (χ2n) is 4.92. The van der Waals surface area contributed by atoms with E-state index in [-0.39, 0.29) is 11.9 Å². The molecule has 1 unspecified atom stereocenters. The molecule has 1 atom stereocenters. The maximum atomic E-state index is 12.3. The Balaban J connectivity index is 1.77. The van der Waals surface area contributed by atoms with Gasteiger partial charge in [-0.25, -0.2) is 4.98 Å². The monoisotopic (exact) mass is 303 g/mol. The van der Waals surface area contributed by atoms with Crippen LogP contribution >= 0.6 is 11.3 Å². The molecular formula is C15H17N3O2S. The van der Waals surface area contributed by atoms with Crippen LogP contribution in [0.2, 0.25) is 0 Å². The average molecular weight is 303 g/mol. The number of methoxy groups -OCH3 is 1. The third kappa shape index (κ3) is 2.64. The van der Waals surface area contributed by atoms with Crippen molar-refractivity contribution in [3.05, 3.63) is 45.4 Å². The van der Waals surface area contributed by atoms with Gasteiger partial charge >= 0.3 is 0 Å². The fourth-order valence-corrected chi connectivity index (χ4v) is 3.36. The third-order valence-electron chi connectivity index (χ3n) is 3.71. The van der Waals surface area contributed by atoms with Crippen molar-refractivity contribution in [3.63, 3.8) is 0 Å². The summed E-state index contributed by atoms with van der Waals surface area (Å²) in [5.74, 6) is 0.745. The van der Waals surface area contributed by atoms with Gasteiger partial charge in [0, 0.05) is 11.9 Å². The number of carbonyl (C=O) groups is 1. The molecule has 3 rings (SSSR count). The molecule has 1 amide bonds. The minimum Gasteiger partial charge on any atom is -0.496 e. The summed E-state index contributed by atoms with van der Waals surface area (Å²) in [5, 5.41) is 5.57. The number of amides is 1. The van der Waals surface area contributed by atoms with Crippen LogP contribution in [-0.2, 0) is 13.0 Å². The van der Waals surface area contributed by atoms with Crippen LogP contribution in [0.1, 0.15) is 39.1 Å². The molecule has 1 aromatic heterocycles. The lowest BCUT2D eigenvalue weighted by Crippen LogP contribution is -2.27. The largest absolute Gasteiger partial charge is 0.496 e. The molecule has 1 aliphatic carbocycles. The Labute approximate surface area is 127 Å². The van der Waals surface area contributed by atoms with Gasteiger partial charge in [-0.05, 0) is 30.0 Å². The van der Waals surface area contributed by atoms with E-state index in [1.807, 2.05) is 18.2 Å². The standard InChI is InChI=1S/C15H17N3O2S/c1-20-13-4-2-3-9-10(13)5-6-11(9)18-15(19)12-8-21-14(7-16)17-12/h2-4,8,11H,5-7,16H2,1H3,(H,18,19). The predicted octanol–water partition coefficient (Wildman–Crippen LogP) is 2.03. The maximum Gasteiger partial charge on any atom is 0.271 e. The molecule has 0 aliphatic heterocycles. The predicted molar refractivity (Wildman–Crippen MR) is 81.5 cm³/mol. The number of ether oxygens (including phenoxy) is 1. The quantitative estimate of drug-likeness (QED) is 0.906. The molecule has 1 aliphatic rings. The molecule has 21 heavy (non-hydrogen) atoms. The zero-order valence-electron chi connectivity index (χ0n) is 11.8. The Morgan fingerprint density at radius 2 is 2.43 bits per heavy atom. The summed E-state index contributed by atoms with van der Waals surface area (Å²) in [6.07, 6.45) is 1.80. The molecule has 0 spiro atoms. The lowest BCUT2D eigenvalue weighted by molar-refractivity contribution is 0.0932. The molecule has 0 saturated heterocycles. The van der Waals surface area contributed by atoms with Crippen LogP contribution in [0.5, 0.6) is 5.75 Å². The number of hydrogen-bond acceptors (Lipinski definition) is 5. The lowest BCUT2D eigenvalue weighted by atomic mass is 10.1. The number of nitrogens with two attached hydrogens (primary N) is 1. The summed E-state index contributed by atoms with van der Waals surface area (Å²) < 4.78 is 5.38. The highest BCUT2D eigenvalue weighted by atomic mass is 32.1. The van der Waals surface area contributed by atoms with E-state index < -0.39 is 0 Å². The summed E-state index contributed by atoms with van der Waals surface area (Å²) in [6, 6.07) is 5.97. The second-order valence-corrected chi connectivity index (χ2v) is 5.87. The summed E-state index contributed by atoms with van der Waals surface area (Å²) in [5.41, 5.74) is 8.29. The van der Waals surface area contributed by atoms with Gasteiger partial charge in [-0.1, -0.05) is 12.1 Å². The fraction of sp³-hybridized carbons (Fsp3) is 0.333. The zero-order valence-corrected chi connectivity index (χ0v) is 12.6. The number of aromatic nitrogens is 1. The number of nitrogens with one attached hydrogen (secondary N) is 1. The Morgan fingerprint density at radius 3 is 3.14 bits per heavy atom. The molecule has 0 fully saturated rings. The van der Waals surface area contributed by atoms with Crippen LogP contribution in [0, 0.1) is 0 Å². The number of benzene rings is 1. The SMILES string of the molecule is COc1cccc2c1CCC2NC(=O)c1csc(CN)n1. The van der Waals surface area contributed by atoms with E-state index in [0.717, 1.165) is 29.2 Å². The Kier molecular flexibility index (Phi) is 3.90. The van der Waals surface area contributed by atoms with Crippen LogP contribution in [0.4, 0.5) is 0 Å². The highest BCUT2D eigenvalue weighted by Gasteiger charge is 2.27. The van der Waals surface area contributed by atoms with Gasteiger partial charge in [-0.15, -0.1) is 11.3 Å². The molecule has 2 aromatic rings. The molecule has 3 N–H and O–H groups in total.